The number of allylic oxidation sites excluding steroid dienone is 1. The molecule has 1 aromatic carbocycles. The van der Waals surface area contributed by atoms with Crippen LogP contribution in [0.5, 0.6) is 0 Å². The molecule has 1 unspecified atom stereocenters. The molecule has 2 heterocycles. The molecule has 5 rings (SSSR count). The molecule has 1 amide bonds. The molecule has 2 aromatic rings. The summed E-state index contributed by atoms with van der Waals surface area (Å²) in [5.74, 6) is 0.554. The largest absolute Gasteiger partial charge is 0.349 e. The maximum Gasteiger partial charge on any atom is 0.251 e. The monoisotopic (exact) mass is 504 g/mol. The average molecular weight is 505 g/mol. The van der Waals surface area contributed by atoms with Crippen LogP contribution in [0.4, 0.5) is 5.95 Å². The zero-order valence-electron chi connectivity index (χ0n) is 20.7. The van der Waals surface area contributed by atoms with E-state index < -0.39 is 0 Å². The number of thioether (sulfide) groups is 1. The lowest BCUT2D eigenvalue weighted by atomic mass is 9.96. The third-order valence-electron chi connectivity index (χ3n) is 7.30. The summed E-state index contributed by atoms with van der Waals surface area (Å²) >= 11 is 1.91. The van der Waals surface area contributed by atoms with Crippen molar-refractivity contribution in [2.24, 2.45) is 5.73 Å². The molecule has 8 heteroatoms. The van der Waals surface area contributed by atoms with E-state index in [2.05, 4.69) is 45.7 Å². The summed E-state index contributed by atoms with van der Waals surface area (Å²) in [7, 11) is 0. The number of piperidine rings is 1. The van der Waals surface area contributed by atoms with Gasteiger partial charge >= 0.3 is 0 Å². The number of carbonyl (C=O) groups excluding carboxylic acids is 1. The number of fused-ring (bicyclic) bond motifs is 1. The number of nitrogens with one attached hydrogen (secondary N) is 3. The molecule has 1 saturated carbocycles. The number of benzene rings is 1. The average Bonchev–Trinajstić information content (AvgIpc) is 3.08. The Kier molecular flexibility index (Phi) is 8.04. The summed E-state index contributed by atoms with van der Waals surface area (Å²) in [4.78, 5) is 23.5. The SMILES string of the molecule is C=C1CC=C(C(=O)NC2CCNCC2)C=CC1Nc1ncc2cccc(SC3CCC(N)CC3)c2n1. The molecule has 1 atom stereocenters. The number of rotatable bonds is 6. The van der Waals surface area contributed by atoms with Crippen molar-refractivity contribution in [1.82, 2.24) is 20.6 Å². The standard InChI is InChI=1S/C28H36N6OS/c1-18-5-6-19(27(35)32-22-13-15-30-16-14-22)7-12-24(18)33-28-31-17-20-3-2-4-25(26(20)34-28)36-23-10-8-21(29)9-11-23/h2-4,6-7,12,17,21-24,30H,1,5,8-11,13-16,29H2,(H,32,35)(H,31,33,34). The number of nitrogens with two attached hydrogens (primary N) is 1. The van der Waals surface area contributed by atoms with Crippen LogP contribution in [0.1, 0.15) is 44.9 Å². The number of para-hydroxylation sites is 1. The van der Waals surface area contributed by atoms with Crippen LogP contribution in [0.3, 0.4) is 0 Å². The predicted octanol–water partition coefficient (Wildman–Crippen LogP) is 4.08. The second-order valence-electron chi connectivity index (χ2n) is 10.0. The van der Waals surface area contributed by atoms with Crippen molar-refractivity contribution < 1.29 is 4.79 Å². The molecule has 1 aliphatic heterocycles. The highest BCUT2D eigenvalue weighted by molar-refractivity contribution is 8.00. The van der Waals surface area contributed by atoms with Gasteiger partial charge in [-0.3, -0.25) is 4.79 Å². The minimum atomic E-state index is -0.150. The Morgan fingerprint density at radius 1 is 1.14 bits per heavy atom. The molecule has 190 valence electrons. The van der Waals surface area contributed by atoms with Crippen molar-refractivity contribution in [1.29, 1.82) is 0 Å². The van der Waals surface area contributed by atoms with Gasteiger partial charge in [0.2, 0.25) is 5.95 Å². The molecule has 36 heavy (non-hydrogen) atoms. The van der Waals surface area contributed by atoms with Gasteiger partial charge in [-0.1, -0.05) is 36.9 Å². The smallest absolute Gasteiger partial charge is 0.251 e. The van der Waals surface area contributed by atoms with Crippen LogP contribution in [0, 0.1) is 0 Å². The molecule has 1 saturated heterocycles. The van der Waals surface area contributed by atoms with Gasteiger partial charge in [-0.2, -0.15) is 0 Å². The molecule has 3 aliphatic rings. The van der Waals surface area contributed by atoms with Crippen molar-refractivity contribution >= 4 is 34.5 Å². The lowest BCUT2D eigenvalue weighted by Gasteiger charge is -2.25. The third-order valence-corrected chi connectivity index (χ3v) is 8.69. The highest BCUT2D eigenvalue weighted by atomic mass is 32.2. The molecule has 2 fully saturated rings. The van der Waals surface area contributed by atoms with Gasteiger partial charge in [0.15, 0.2) is 0 Å². The summed E-state index contributed by atoms with van der Waals surface area (Å²) in [5, 5.41) is 11.5. The molecular formula is C28H36N6OS. The summed E-state index contributed by atoms with van der Waals surface area (Å²) in [5.41, 5.74) is 8.73. The predicted molar refractivity (Wildman–Crippen MR) is 148 cm³/mol. The highest BCUT2D eigenvalue weighted by Gasteiger charge is 2.22. The quantitative estimate of drug-likeness (QED) is 0.439. The number of amides is 1. The van der Waals surface area contributed by atoms with Gasteiger partial charge in [0.05, 0.1) is 11.6 Å². The van der Waals surface area contributed by atoms with Gasteiger partial charge in [-0.25, -0.2) is 9.97 Å². The van der Waals surface area contributed by atoms with E-state index in [9.17, 15) is 4.79 Å². The van der Waals surface area contributed by atoms with Gasteiger partial charge in [-0.15, -0.1) is 11.8 Å². The Bertz CT molecular complexity index is 1160. The second-order valence-corrected chi connectivity index (χ2v) is 11.4. The second kappa shape index (κ2) is 11.6. The number of hydrogen-bond acceptors (Lipinski definition) is 7. The van der Waals surface area contributed by atoms with E-state index in [1.807, 2.05) is 36.2 Å². The fraction of sp³-hybridized carbons (Fsp3) is 0.464. The molecule has 1 aromatic heterocycles. The molecule has 0 bridgehead atoms. The number of aromatic nitrogens is 2. The summed E-state index contributed by atoms with van der Waals surface area (Å²) in [6.07, 6.45) is 14.7. The number of anilines is 1. The van der Waals surface area contributed by atoms with Crippen molar-refractivity contribution in [3.8, 4) is 0 Å². The first-order valence-electron chi connectivity index (χ1n) is 13.1. The van der Waals surface area contributed by atoms with E-state index in [0.717, 1.165) is 68.1 Å². The maximum absolute atomic E-state index is 12.8. The molecule has 5 N–H and O–H groups in total. The van der Waals surface area contributed by atoms with Crippen LogP contribution >= 0.6 is 11.8 Å². The summed E-state index contributed by atoms with van der Waals surface area (Å²) in [6.45, 7) is 6.15. The minimum absolute atomic E-state index is 0.0149. The lowest BCUT2D eigenvalue weighted by molar-refractivity contribution is -0.118. The lowest BCUT2D eigenvalue weighted by Crippen LogP contribution is -2.43. The Hall–Kier alpha value is -2.68. The van der Waals surface area contributed by atoms with Crippen LogP contribution in [0.25, 0.3) is 10.9 Å². The number of nitrogens with zero attached hydrogens (tertiary/aromatic N) is 2. The Labute approximate surface area is 217 Å². The fourth-order valence-electron chi connectivity index (χ4n) is 5.04. The minimum Gasteiger partial charge on any atom is -0.349 e. The van der Waals surface area contributed by atoms with E-state index >= 15 is 0 Å². The van der Waals surface area contributed by atoms with E-state index in [1.165, 1.54) is 4.90 Å². The van der Waals surface area contributed by atoms with E-state index in [1.54, 1.807) is 0 Å². The normalized spacial score (nSPS) is 25.3. The fourth-order valence-corrected chi connectivity index (χ4v) is 6.34. The first kappa shape index (κ1) is 25.0. The highest BCUT2D eigenvalue weighted by Crippen LogP contribution is 2.36. The van der Waals surface area contributed by atoms with Gasteiger partial charge in [0.1, 0.15) is 0 Å². The topological polar surface area (TPSA) is 105 Å². The van der Waals surface area contributed by atoms with Crippen molar-refractivity contribution in [2.45, 2.75) is 73.2 Å². The third kappa shape index (κ3) is 6.17. The van der Waals surface area contributed by atoms with E-state index in [0.29, 0.717) is 29.2 Å². The molecule has 0 spiro atoms. The Balaban J connectivity index is 1.27. The van der Waals surface area contributed by atoms with Crippen LogP contribution in [0.15, 0.2) is 65.2 Å². The van der Waals surface area contributed by atoms with E-state index in [4.69, 9.17) is 10.7 Å². The summed E-state index contributed by atoms with van der Waals surface area (Å²) < 4.78 is 0. The van der Waals surface area contributed by atoms with Crippen LogP contribution < -0.4 is 21.7 Å². The van der Waals surface area contributed by atoms with Crippen LogP contribution in [0.2, 0.25) is 0 Å². The van der Waals surface area contributed by atoms with Gasteiger partial charge in [0, 0.05) is 39.4 Å². The Morgan fingerprint density at radius 2 is 1.94 bits per heavy atom. The van der Waals surface area contributed by atoms with E-state index in [-0.39, 0.29) is 18.0 Å². The van der Waals surface area contributed by atoms with Crippen LogP contribution in [-0.2, 0) is 4.79 Å². The van der Waals surface area contributed by atoms with Crippen molar-refractivity contribution in [3.63, 3.8) is 0 Å². The van der Waals surface area contributed by atoms with Crippen LogP contribution in [-0.4, -0.2) is 52.3 Å². The first-order valence-corrected chi connectivity index (χ1v) is 14.0. The van der Waals surface area contributed by atoms with Gasteiger partial charge < -0.3 is 21.7 Å². The zero-order valence-corrected chi connectivity index (χ0v) is 21.5. The van der Waals surface area contributed by atoms with Crippen molar-refractivity contribution in [3.05, 3.63) is 60.3 Å². The van der Waals surface area contributed by atoms with Gasteiger partial charge in [0.25, 0.3) is 5.91 Å². The summed E-state index contributed by atoms with van der Waals surface area (Å²) in [6, 6.07) is 6.72. The molecule has 7 nitrogen and oxygen atoms in total. The van der Waals surface area contributed by atoms with Crippen molar-refractivity contribution in [2.75, 3.05) is 18.4 Å². The zero-order chi connectivity index (χ0) is 24.9. The first-order chi connectivity index (χ1) is 17.5. The Morgan fingerprint density at radius 3 is 2.75 bits per heavy atom. The van der Waals surface area contributed by atoms with Gasteiger partial charge in [-0.05, 0) is 69.7 Å². The molecule has 0 radical (unpaired) electrons. The number of hydrogen-bond donors (Lipinski definition) is 4. The maximum atomic E-state index is 12.8. The molecule has 2 aliphatic carbocycles. The molecular weight excluding hydrogens is 468 g/mol. The number of carbonyl (C=O) groups is 1.